The predicted molar refractivity (Wildman–Crippen MR) is 75.7 cm³/mol. The summed E-state index contributed by atoms with van der Waals surface area (Å²) in [4.78, 5) is 2.66. The van der Waals surface area contributed by atoms with Crippen molar-refractivity contribution >= 4 is 0 Å². The average molecular weight is 254 g/mol. The Bertz CT molecular complexity index is 239. The van der Waals surface area contributed by atoms with Crippen LogP contribution in [-0.4, -0.2) is 49.3 Å². The number of likely N-dealkylation sites (tertiary alicyclic amines) is 1. The van der Waals surface area contributed by atoms with Gasteiger partial charge in [0.15, 0.2) is 0 Å². The van der Waals surface area contributed by atoms with Crippen LogP contribution in [0.3, 0.4) is 0 Å². The largest absolute Gasteiger partial charge is 0.396 e. The first-order chi connectivity index (χ1) is 8.78. The Kier molecular flexibility index (Phi) is 5.46. The number of aliphatic hydroxyl groups is 1. The summed E-state index contributed by atoms with van der Waals surface area (Å²) in [5.74, 6) is 0.743. The Balaban J connectivity index is 1.82. The second-order valence-electron chi connectivity index (χ2n) is 6.39. The average Bonchev–Trinajstić information content (AvgIpc) is 2.98. The molecule has 0 aromatic rings. The van der Waals surface area contributed by atoms with E-state index in [-0.39, 0.29) is 0 Å². The van der Waals surface area contributed by atoms with Gasteiger partial charge in [0, 0.05) is 26.2 Å². The molecule has 2 aliphatic rings. The van der Waals surface area contributed by atoms with Crippen LogP contribution in [0.25, 0.3) is 0 Å². The Morgan fingerprint density at radius 3 is 2.78 bits per heavy atom. The molecule has 1 aliphatic heterocycles. The molecule has 2 N–H and O–H groups in total. The highest BCUT2D eigenvalue weighted by Crippen LogP contribution is 2.39. The fourth-order valence-corrected chi connectivity index (χ4v) is 3.85. The molecule has 2 rings (SSSR count). The van der Waals surface area contributed by atoms with Crippen LogP contribution in [0.15, 0.2) is 0 Å². The molecule has 0 bridgehead atoms. The van der Waals surface area contributed by atoms with Crippen molar-refractivity contribution in [2.45, 2.75) is 45.4 Å². The minimum Gasteiger partial charge on any atom is -0.396 e. The lowest BCUT2D eigenvalue weighted by Crippen LogP contribution is -2.42. The monoisotopic (exact) mass is 254 g/mol. The zero-order chi connectivity index (χ0) is 12.8. The van der Waals surface area contributed by atoms with Crippen molar-refractivity contribution in [3.63, 3.8) is 0 Å². The minimum atomic E-state index is 0.362. The normalized spacial score (nSPS) is 28.0. The fraction of sp³-hybridized carbons (Fsp3) is 1.00. The van der Waals surface area contributed by atoms with Crippen molar-refractivity contribution in [2.24, 2.45) is 11.3 Å². The Morgan fingerprint density at radius 2 is 2.11 bits per heavy atom. The van der Waals surface area contributed by atoms with Crippen molar-refractivity contribution < 1.29 is 5.11 Å². The number of rotatable bonds is 7. The van der Waals surface area contributed by atoms with Gasteiger partial charge in [-0.25, -0.2) is 0 Å². The third-order valence-electron chi connectivity index (χ3n) is 4.88. The van der Waals surface area contributed by atoms with E-state index in [9.17, 15) is 0 Å². The lowest BCUT2D eigenvalue weighted by atomic mass is 9.85. The van der Waals surface area contributed by atoms with Crippen LogP contribution in [0.5, 0.6) is 0 Å². The van der Waals surface area contributed by atoms with Gasteiger partial charge in [-0.1, -0.05) is 19.8 Å². The third-order valence-corrected chi connectivity index (χ3v) is 4.88. The SMILES string of the molecule is CCNCC1(CN2CCC(CCO)C2)CCCC1. The molecule has 1 unspecified atom stereocenters. The van der Waals surface area contributed by atoms with Crippen LogP contribution in [0, 0.1) is 11.3 Å². The van der Waals surface area contributed by atoms with E-state index in [1.54, 1.807) is 0 Å². The molecule has 1 heterocycles. The molecule has 0 amide bonds. The van der Waals surface area contributed by atoms with Crippen molar-refractivity contribution in [2.75, 3.05) is 39.3 Å². The Hall–Kier alpha value is -0.120. The lowest BCUT2D eigenvalue weighted by molar-refractivity contribution is 0.165. The van der Waals surface area contributed by atoms with E-state index in [2.05, 4.69) is 17.1 Å². The maximum atomic E-state index is 9.04. The van der Waals surface area contributed by atoms with Gasteiger partial charge in [0.2, 0.25) is 0 Å². The first kappa shape index (κ1) is 14.3. The van der Waals surface area contributed by atoms with Gasteiger partial charge in [-0.05, 0) is 50.1 Å². The molecule has 18 heavy (non-hydrogen) atoms. The zero-order valence-electron chi connectivity index (χ0n) is 12.0. The Labute approximate surface area is 112 Å². The van der Waals surface area contributed by atoms with Gasteiger partial charge >= 0.3 is 0 Å². The van der Waals surface area contributed by atoms with E-state index in [1.807, 2.05) is 0 Å². The fourth-order valence-electron chi connectivity index (χ4n) is 3.85. The van der Waals surface area contributed by atoms with E-state index >= 15 is 0 Å². The quantitative estimate of drug-likeness (QED) is 0.728. The summed E-state index contributed by atoms with van der Waals surface area (Å²) in [5.41, 5.74) is 0.546. The molecule has 106 valence electrons. The minimum absolute atomic E-state index is 0.362. The second-order valence-corrected chi connectivity index (χ2v) is 6.39. The molecular weight excluding hydrogens is 224 g/mol. The van der Waals surface area contributed by atoms with Crippen LogP contribution in [0.1, 0.15) is 45.4 Å². The van der Waals surface area contributed by atoms with Crippen molar-refractivity contribution in [3.05, 3.63) is 0 Å². The van der Waals surface area contributed by atoms with Gasteiger partial charge in [-0.2, -0.15) is 0 Å². The highest BCUT2D eigenvalue weighted by molar-refractivity contribution is 4.91. The molecule has 0 aromatic carbocycles. The summed E-state index contributed by atoms with van der Waals surface area (Å²) in [6.07, 6.45) is 7.93. The highest BCUT2D eigenvalue weighted by Gasteiger charge is 2.36. The van der Waals surface area contributed by atoms with E-state index in [4.69, 9.17) is 5.11 Å². The van der Waals surface area contributed by atoms with Crippen molar-refractivity contribution in [3.8, 4) is 0 Å². The van der Waals surface area contributed by atoms with Gasteiger partial charge in [-0.15, -0.1) is 0 Å². The molecule has 0 radical (unpaired) electrons. The van der Waals surface area contributed by atoms with Crippen LogP contribution in [-0.2, 0) is 0 Å². The summed E-state index contributed by atoms with van der Waals surface area (Å²) in [6, 6.07) is 0. The molecule has 1 saturated heterocycles. The molecule has 3 nitrogen and oxygen atoms in total. The number of aliphatic hydroxyl groups excluding tert-OH is 1. The van der Waals surface area contributed by atoms with E-state index in [1.165, 1.54) is 58.3 Å². The maximum absolute atomic E-state index is 9.04. The summed E-state index contributed by atoms with van der Waals surface area (Å²) >= 11 is 0. The van der Waals surface area contributed by atoms with Crippen LogP contribution >= 0.6 is 0 Å². The summed E-state index contributed by atoms with van der Waals surface area (Å²) in [7, 11) is 0. The summed E-state index contributed by atoms with van der Waals surface area (Å²) < 4.78 is 0. The van der Waals surface area contributed by atoms with Gasteiger partial charge < -0.3 is 15.3 Å². The van der Waals surface area contributed by atoms with E-state index in [0.29, 0.717) is 12.0 Å². The van der Waals surface area contributed by atoms with Crippen LogP contribution < -0.4 is 5.32 Å². The number of nitrogens with one attached hydrogen (secondary N) is 1. The molecule has 3 heteroatoms. The first-order valence-corrected chi connectivity index (χ1v) is 7.82. The molecular formula is C15H30N2O. The molecule has 1 saturated carbocycles. The van der Waals surface area contributed by atoms with Crippen LogP contribution in [0.4, 0.5) is 0 Å². The highest BCUT2D eigenvalue weighted by atomic mass is 16.3. The smallest absolute Gasteiger partial charge is 0.0434 e. The molecule has 0 aromatic heterocycles. The number of hydrogen-bond donors (Lipinski definition) is 2. The third kappa shape index (κ3) is 3.69. The van der Waals surface area contributed by atoms with Gasteiger partial charge in [-0.3, -0.25) is 0 Å². The predicted octanol–water partition coefficient (Wildman–Crippen LogP) is 1.86. The second kappa shape index (κ2) is 6.88. The summed E-state index contributed by atoms with van der Waals surface area (Å²) in [6.45, 7) is 8.60. The first-order valence-electron chi connectivity index (χ1n) is 7.82. The molecule has 2 fully saturated rings. The topological polar surface area (TPSA) is 35.5 Å². The number of nitrogens with zero attached hydrogens (tertiary/aromatic N) is 1. The van der Waals surface area contributed by atoms with Gasteiger partial charge in [0.25, 0.3) is 0 Å². The van der Waals surface area contributed by atoms with Crippen molar-refractivity contribution in [1.82, 2.24) is 10.2 Å². The van der Waals surface area contributed by atoms with E-state index < -0.39 is 0 Å². The van der Waals surface area contributed by atoms with Crippen molar-refractivity contribution in [1.29, 1.82) is 0 Å². The van der Waals surface area contributed by atoms with Gasteiger partial charge in [0.05, 0.1) is 0 Å². The molecule has 0 spiro atoms. The van der Waals surface area contributed by atoms with E-state index in [0.717, 1.165) is 18.9 Å². The standard InChI is InChI=1S/C15H30N2O/c1-2-16-12-15(7-3-4-8-15)13-17-9-5-14(11-17)6-10-18/h14,16,18H,2-13H2,1H3. The Morgan fingerprint density at radius 1 is 1.33 bits per heavy atom. The molecule has 1 aliphatic carbocycles. The van der Waals surface area contributed by atoms with Gasteiger partial charge in [0.1, 0.15) is 0 Å². The maximum Gasteiger partial charge on any atom is 0.0434 e. The molecule has 1 atom stereocenters. The zero-order valence-corrected chi connectivity index (χ0v) is 12.0. The lowest BCUT2D eigenvalue weighted by Gasteiger charge is -2.34. The van der Waals surface area contributed by atoms with Crippen LogP contribution in [0.2, 0.25) is 0 Å². The summed E-state index contributed by atoms with van der Waals surface area (Å²) in [5, 5.41) is 12.6. The number of hydrogen-bond acceptors (Lipinski definition) is 3.